The highest BCUT2D eigenvalue weighted by Crippen LogP contribution is 2.37. The van der Waals surface area contributed by atoms with Crippen LogP contribution < -0.4 is 4.74 Å². The summed E-state index contributed by atoms with van der Waals surface area (Å²) in [6.07, 6.45) is 3.90. The maximum absolute atomic E-state index is 13.4. The second-order valence-corrected chi connectivity index (χ2v) is 8.12. The predicted octanol–water partition coefficient (Wildman–Crippen LogP) is 2.39. The van der Waals surface area contributed by atoms with Gasteiger partial charge in [-0.3, -0.25) is 19.5 Å². The number of pyridine rings is 2. The van der Waals surface area contributed by atoms with Crippen LogP contribution in [0.25, 0.3) is 5.52 Å². The van der Waals surface area contributed by atoms with Gasteiger partial charge in [0.1, 0.15) is 28.2 Å². The second-order valence-electron chi connectivity index (χ2n) is 8.12. The lowest BCUT2D eigenvalue weighted by Gasteiger charge is -2.26. The van der Waals surface area contributed by atoms with Gasteiger partial charge in [-0.2, -0.15) is 0 Å². The predicted molar refractivity (Wildman–Crippen MR) is 122 cm³/mol. The molecule has 4 heterocycles. The zero-order valence-electron chi connectivity index (χ0n) is 18.9. The lowest BCUT2D eigenvalue weighted by Crippen LogP contribution is -2.37. The van der Waals surface area contributed by atoms with Crippen LogP contribution in [0.2, 0.25) is 0 Å². The van der Waals surface area contributed by atoms with Crippen molar-refractivity contribution in [1.82, 2.24) is 14.3 Å². The van der Waals surface area contributed by atoms with Crippen molar-refractivity contribution in [3.8, 4) is 5.75 Å². The molecule has 0 bridgehead atoms. The molecule has 1 fully saturated rings. The van der Waals surface area contributed by atoms with Crippen molar-refractivity contribution in [2.24, 2.45) is 0 Å². The van der Waals surface area contributed by atoms with Crippen LogP contribution in [0.1, 0.15) is 55.8 Å². The SMILES string of the molecule is CCOC(=O)c1c2c(n3cccc(OCCCN4CCOCC4)c13)C(=O)c1ncccc1C2=O. The molecule has 0 aromatic carbocycles. The molecule has 0 saturated carbocycles. The molecule has 34 heavy (non-hydrogen) atoms. The summed E-state index contributed by atoms with van der Waals surface area (Å²) in [6, 6.07) is 6.60. The monoisotopic (exact) mass is 463 g/mol. The van der Waals surface area contributed by atoms with Gasteiger partial charge in [-0.15, -0.1) is 0 Å². The number of aromatic nitrogens is 2. The Balaban J connectivity index is 1.54. The fourth-order valence-electron chi connectivity index (χ4n) is 4.55. The minimum atomic E-state index is -0.667. The van der Waals surface area contributed by atoms with Gasteiger partial charge in [0.15, 0.2) is 5.78 Å². The zero-order chi connectivity index (χ0) is 23.7. The van der Waals surface area contributed by atoms with Gasteiger partial charge in [0.25, 0.3) is 0 Å². The maximum Gasteiger partial charge on any atom is 0.341 e. The molecular formula is C25H25N3O6. The number of hydrogen-bond donors (Lipinski definition) is 0. The molecule has 1 aliphatic heterocycles. The van der Waals surface area contributed by atoms with Gasteiger partial charge in [0.2, 0.25) is 5.78 Å². The summed E-state index contributed by atoms with van der Waals surface area (Å²) in [5.41, 5.74) is 0.794. The quantitative estimate of drug-likeness (QED) is 0.304. The van der Waals surface area contributed by atoms with Crippen molar-refractivity contribution in [1.29, 1.82) is 0 Å². The lowest BCUT2D eigenvalue weighted by atomic mass is 9.89. The number of esters is 1. The summed E-state index contributed by atoms with van der Waals surface area (Å²) in [5, 5.41) is 0. The first-order chi connectivity index (χ1) is 16.6. The van der Waals surface area contributed by atoms with Crippen molar-refractivity contribution in [3.05, 3.63) is 64.7 Å². The van der Waals surface area contributed by atoms with Crippen molar-refractivity contribution in [2.75, 3.05) is 46.1 Å². The average Bonchev–Trinajstić information content (AvgIpc) is 3.22. The fourth-order valence-corrected chi connectivity index (χ4v) is 4.55. The Hall–Kier alpha value is -3.56. The molecule has 3 aromatic rings. The average molecular weight is 463 g/mol. The zero-order valence-corrected chi connectivity index (χ0v) is 18.9. The Morgan fingerprint density at radius 2 is 1.97 bits per heavy atom. The number of ketones is 2. The van der Waals surface area contributed by atoms with Gasteiger partial charge in [-0.1, -0.05) is 0 Å². The van der Waals surface area contributed by atoms with Crippen LogP contribution >= 0.6 is 0 Å². The van der Waals surface area contributed by atoms with Crippen LogP contribution in [0.4, 0.5) is 0 Å². The van der Waals surface area contributed by atoms with Gasteiger partial charge >= 0.3 is 5.97 Å². The number of ether oxygens (including phenoxy) is 3. The fraction of sp³-hybridized carbons (Fsp3) is 0.360. The van der Waals surface area contributed by atoms with E-state index in [-0.39, 0.29) is 34.7 Å². The Morgan fingerprint density at radius 1 is 1.15 bits per heavy atom. The molecule has 9 heteroatoms. The first-order valence-electron chi connectivity index (χ1n) is 11.4. The molecule has 0 unspecified atom stereocenters. The molecule has 1 saturated heterocycles. The number of rotatable bonds is 7. The van der Waals surface area contributed by atoms with Crippen LogP contribution in [0.15, 0.2) is 36.7 Å². The highest BCUT2D eigenvalue weighted by Gasteiger charge is 2.40. The third-order valence-electron chi connectivity index (χ3n) is 6.09. The van der Waals surface area contributed by atoms with Crippen LogP contribution in [0.3, 0.4) is 0 Å². The first-order valence-corrected chi connectivity index (χ1v) is 11.4. The van der Waals surface area contributed by atoms with E-state index >= 15 is 0 Å². The van der Waals surface area contributed by atoms with E-state index < -0.39 is 17.5 Å². The maximum atomic E-state index is 13.4. The molecule has 5 rings (SSSR count). The molecule has 9 nitrogen and oxygen atoms in total. The molecule has 0 radical (unpaired) electrons. The van der Waals surface area contributed by atoms with Gasteiger partial charge in [-0.05, 0) is 37.6 Å². The van der Waals surface area contributed by atoms with E-state index in [0.717, 1.165) is 39.3 Å². The highest BCUT2D eigenvalue weighted by atomic mass is 16.5. The van der Waals surface area contributed by atoms with E-state index in [0.29, 0.717) is 17.9 Å². The van der Waals surface area contributed by atoms with Crippen molar-refractivity contribution < 1.29 is 28.6 Å². The third kappa shape index (κ3) is 3.76. The molecule has 2 aliphatic rings. The van der Waals surface area contributed by atoms with Crippen molar-refractivity contribution >= 4 is 23.1 Å². The molecule has 1 aliphatic carbocycles. The van der Waals surface area contributed by atoms with Gasteiger partial charge < -0.3 is 18.6 Å². The number of morpholine rings is 1. The topological polar surface area (TPSA) is 99.4 Å². The summed E-state index contributed by atoms with van der Waals surface area (Å²) in [4.78, 5) is 46.3. The van der Waals surface area contributed by atoms with Crippen molar-refractivity contribution in [2.45, 2.75) is 13.3 Å². The molecule has 3 aromatic heterocycles. The molecule has 176 valence electrons. The van der Waals surface area contributed by atoms with E-state index in [1.807, 2.05) is 0 Å². The minimum Gasteiger partial charge on any atom is -0.491 e. The van der Waals surface area contributed by atoms with Crippen LogP contribution in [0, 0.1) is 0 Å². The molecule has 0 spiro atoms. The number of carbonyl (C=O) groups excluding carboxylic acids is 3. The van der Waals surface area contributed by atoms with E-state index in [9.17, 15) is 14.4 Å². The summed E-state index contributed by atoms with van der Waals surface area (Å²) >= 11 is 0. The summed E-state index contributed by atoms with van der Waals surface area (Å²) in [6.45, 7) is 6.37. The first kappa shape index (κ1) is 22.2. The highest BCUT2D eigenvalue weighted by molar-refractivity contribution is 6.31. The Labute approximate surface area is 196 Å². The number of carbonyl (C=O) groups is 3. The third-order valence-corrected chi connectivity index (χ3v) is 6.09. The van der Waals surface area contributed by atoms with Gasteiger partial charge in [0.05, 0.1) is 37.6 Å². The Kier molecular flexibility index (Phi) is 6.12. The smallest absolute Gasteiger partial charge is 0.341 e. The van der Waals surface area contributed by atoms with E-state index in [2.05, 4.69) is 9.88 Å². The van der Waals surface area contributed by atoms with E-state index in [1.165, 1.54) is 6.20 Å². The molecular weight excluding hydrogens is 438 g/mol. The van der Waals surface area contributed by atoms with Crippen LogP contribution in [-0.2, 0) is 9.47 Å². The van der Waals surface area contributed by atoms with Crippen LogP contribution in [0.5, 0.6) is 5.75 Å². The minimum absolute atomic E-state index is 0.0355. The summed E-state index contributed by atoms with van der Waals surface area (Å²) in [5.74, 6) is -1.10. The van der Waals surface area contributed by atoms with Crippen LogP contribution in [-0.4, -0.2) is 77.9 Å². The molecule has 0 amide bonds. The number of nitrogens with zero attached hydrogens (tertiary/aromatic N) is 3. The van der Waals surface area contributed by atoms with Crippen molar-refractivity contribution in [3.63, 3.8) is 0 Å². The van der Waals surface area contributed by atoms with Gasteiger partial charge in [-0.25, -0.2) is 4.79 Å². The standard InChI is InChI=1S/C25H25N3O6/c1-2-33-25(31)19-18-22(24(30)20-16(23(18)29)6-3-8-26-20)28-10-4-7-17(21(19)28)34-13-5-9-27-11-14-32-15-12-27/h3-4,6-8,10H,2,5,9,11-15H2,1H3. The molecule has 0 atom stereocenters. The number of fused-ring (bicyclic) bond motifs is 4. The number of hydrogen-bond acceptors (Lipinski definition) is 8. The van der Waals surface area contributed by atoms with E-state index in [1.54, 1.807) is 41.8 Å². The largest absolute Gasteiger partial charge is 0.491 e. The Bertz CT molecular complexity index is 1280. The Morgan fingerprint density at radius 3 is 2.76 bits per heavy atom. The summed E-state index contributed by atoms with van der Waals surface area (Å²) < 4.78 is 18.3. The normalized spacial score (nSPS) is 15.8. The summed E-state index contributed by atoms with van der Waals surface area (Å²) in [7, 11) is 0. The van der Waals surface area contributed by atoms with Gasteiger partial charge in [0, 0.05) is 32.0 Å². The molecule has 0 N–H and O–H groups in total. The lowest BCUT2D eigenvalue weighted by molar-refractivity contribution is 0.0358. The second kappa shape index (κ2) is 9.36. The van der Waals surface area contributed by atoms with E-state index in [4.69, 9.17) is 14.2 Å².